The van der Waals surface area contributed by atoms with Crippen LogP contribution in [0.5, 0.6) is 0 Å². The molecular weight excluding hydrogens is 248 g/mol. The van der Waals surface area contributed by atoms with Crippen molar-refractivity contribution in [2.45, 2.75) is 32.1 Å². The first-order chi connectivity index (χ1) is 9.76. The van der Waals surface area contributed by atoms with Gasteiger partial charge in [0.1, 0.15) is 11.6 Å². The van der Waals surface area contributed by atoms with Crippen molar-refractivity contribution in [3.05, 3.63) is 42.2 Å². The Balaban J connectivity index is 1.99. The summed E-state index contributed by atoms with van der Waals surface area (Å²) in [5.41, 5.74) is 4.69. The van der Waals surface area contributed by atoms with E-state index >= 15 is 0 Å². The molecule has 0 radical (unpaired) electrons. The molecule has 1 aromatic carbocycles. The topological polar surface area (TPSA) is 63.8 Å². The number of hydrazine groups is 1. The molecule has 0 bridgehead atoms. The van der Waals surface area contributed by atoms with Gasteiger partial charge in [-0.25, -0.2) is 15.8 Å². The molecule has 1 saturated carbocycles. The maximum atomic E-state index is 5.55. The number of hydrogen-bond donors (Lipinski definition) is 2. The van der Waals surface area contributed by atoms with Gasteiger partial charge >= 0.3 is 0 Å². The van der Waals surface area contributed by atoms with Gasteiger partial charge in [0.15, 0.2) is 0 Å². The smallest absolute Gasteiger partial charge is 0.144 e. The highest BCUT2D eigenvalue weighted by molar-refractivity contribution is 5.62. The minimum atomic E-state index is 0.459. The first kappa shape index (κ1) is 13.1. The van der Waals surface area contributed by atoms with Gasteiger partial charge in [-0.2, -0.15) is 0 Å². The molecule has 0 amide bonds. The minimum Gasteiger partial charge on any atom is -0.308 e. The van der Waals surface area contributed by atoms with Gasteiger partial charge in [-0.05, 0) is 25.2 Å². The molecule has 0 saturated heterocycles. The molecule has 4 nitrogen and oxygen atoms in total. The number of nitrogens with two attached hydrogens (primary N) is 1. The second-order valence-electron chi connectivity index (χ2n) is 5.62. The van der Waals surface area contributed by atoms with Crippen molar-refractivity contribution >= 4 is 5.82 Å². The summed E-state index contributed by atoms with van der Waals surface area (Å²) >= 11 is 0. The number of nitrogens with zero attached hydrogens (tertiary/aromatic N) is 2. The van der Waals surface area contributed by atoms with E-state index in [-0.39, 0.29) is 0 Å². The molecule has 20 heavy (non-hydrogen) atoms. The van der Waals surface area contributed by atoms with Crippen LogP contribution in [0.1, 0.15) is 37.9 Å². The third kappa shape index (κ3) is 2.65. The van der Waals surface area contributed by atoms with Crippen LogP contribution in [0.15, 0.2) is 36.4 Å². The highest BCUT2D eigenvalue weighted by atomic mass is 15.3. The Hall–Kier alpha value is -1.94. The zero-order chi connectivity index (χ0) is 13.9. The molecular formula is C16H20N4. The van der Waals surface area contributed by atoms with Crippen LogP contribution in [0.2, 0.25) is 0 Å². The second kappa shape index (κ2) is 5.59. The van der Waals surface area contributed by atoms with Gasteiger partial charge in [0, 0.05) is 17.5 Å². The molecule has 2 atom stereocenters. The van der Waals surface area contributed by atoms with E-state index in [0.717, 1.165) is 23.0 Å². The Morgan fingerprint density at radius 3 is 2.60 bits per heavy atom. The van der Waals surface area contributed by atoms with Crippen LogP contribution in [-0.2, 0) is 0 Å². The van der Waals surface area contributed by atoms with Crippen LogP contribution in [0.3, 0.4) is 0 Å². The largest absolute Gasteiger partial charge is 0.308 e. The Labute approximate surface area is 119 Å². The van der Waals surface area contributed by atoms with Gasteiger partial charge in [0.25, 0.3) is 0 Å². The Bertz CT molecular complexity index is 582. The van der Waals surface area contributed by atoms with Crippen molar-refractivity contribution in [3.8, 4) is 11.3 Å². The normalized spacial score (nSPS) is 21.9. The molecule has 0 aliphatic heterocycles. The van der Waals surface area contributed by atoms with Crippen LogP contribution in [0, 0.1) is 5.92 Å². The van der Waals surface area contributed by atoms with Crippen LogP contribution >= 0.6 is 0 Å². The Morgan fingerprint density at radius 1 is 1.15 bits per heavy atom. The number of benzene rings is 1. The van der Waals surface area contributed by atoms with Gasteiger partial charge < -0.3 is 5.43 Å². The van der Waals surface area contributed by atoms with Crippen molar-refractivity contribution in [2.75, 3.05) is 5.43 Å². The maximum absolute atomic E-state index is 5.55. The number of anilines is 1. The molecule has 0 spiro atoms. The van der Waals surface area contributed by atoms with E-state index in [1.807, 2.05) is 24.3 Å². The quantitative estimate of drug-likeness (QED) is 0.662. The third-order valence-corrected chi connectivity index (χ3v) is 4.02. The van der Waals surface area contributed by atoms with E-state index in [9.17, 15) is 0 Å². The molecule has 4 heteroatoms. The van der Waals surface area contributed by atoms with E-state index < -0.39 is 0 Å². The van der Waals surface area contributed by atoms with Gasteiger partial charge in [-0.1, -0.05) is 37.3 Å². The van der Waals surface area contributed by atoms with Crippen molar-refractivity contribution in [2.24, 2.45) is 11.8 Å². The van der Waals surface area contributed by atoms with E-state index in [2.05, 4.69) is 29.5 Å². The van der Waals surface area contributed by atoms with Gasteiger partial charge in [0.2, 0.25) is 0 Å². The number of aromatic nitrogens is 2. The lowest BCUT2D eigenvalue weighted by molar-refractivity contribution is 0.586. The highest BCUT2D eigenvalue weighted by Gasteiger charge is 2.25. The fourth-order valence-electron chi connectivity index (χ4n) is 2.92. The lowest BCUT2D eigenvalue weighted by Crippen LogP contribution is -2.12. The number of rotatable bonds is 3. The number of nitrogens with one attached hydrogen (secondary N) is 1. The van der Waals surface area contributed by atoms with E-state index in [4.69, 9.17) is 10.8 Å². The summed E-state index contributed by atoms with van der Waals surface area (Å²) in [5, 5.41) is 0. The standard InChI is InChI=1S/C16H20N4/c1-11-7-8-13(9-11)16-18-14(10-15(19-16)20-17)12-5-3-2-4-6-12/h2-6,10-11,13H,7-9,17H2,1H3,(H,18,19,20). The van der Waals surface area contributed by atoms with Crippen LogP contribution in [0.25, 0.3) is 11.3 Å². The van der Waals surface area contributed by atoms with E-state index in [0.29, 0.717) is 11.7 Å². The third-order valence-electron chi connectivity index (χ3n) is 4.02. The lowest BCUT2D eigenvalue weighted by atomic mass is 10.0. The minimum absolute atomic E-state index is 0.459. The zero-order valence-corrected chi connectivity index (χ0v) is 11.7. The lowest BCUT2D eigenvalue weighted by Gasteiger charge is -2.12. The van der Waals surface area contributed by atoms with Gasteiger partial charge in [-0.3, -0.25) is 0 Å². The predicted molar refractivity (Wildman–Crippen MR) is 81.0 cm³/mol. The maximum Gasteiger partial charge on any atom is 0.144 e. The second-order valence-corrected chi connectivity index (χ2v) is 5.62. The average molecular weight is 268 g/mol. The predicted octanol–water partition coefficient (Wildman–Crippen LogP) is 3.33. The molecule has 1 aromatic heterocycles. The Morgan fingerprint density at radius 2 is 1.95 bits per heavy atom. The molecule has 3 rings (SSSR count). The monoisotopic (exact) mass is 268 g/mol. The summed E-state index contributed by atoms with van der Waals surface area (Å²) in [6.07, 6.45) is 3.60. The van der Waals surface area contributed by atoms with E-state index in [1.165, 1.54) is 19.3 Å². The highest BCUT2D eigenvalue weighted by Crippen LogP contribution is 2.37. The number of nitrogen functional groups attached to an aromatic ring is 1. The molecule has 1 heterocycles. The van der Waals surface area contributed by atoms with Gasteiger partial charge in [0.05, 0.1) is 5.69 Å². The number of hydrogen-bond acceptors (Lipinski definition) is 4. The van der Waals surface area contributed by atoms with Crippen molar-refractivity contribution in [1.82, 2.24) is 9.97 Å². The average Bonchev–Trinajstić information content (AvgIpc) is 2.94. The fourth-order valence-corrected chi connectivity index (χ4v) is 2.92. The van der Waals surface area contributed by atoms with Gasteiger partial charge in [-0.15, -0.1) is 0 Å². The van der Waals surface area contributed by atoms with Crippen molar-refractivity contribution < 1.29 is 0 Å². The zero-order valence-electron chi connectivity index (χ0n) is 11.7. The molecule has 1 aliphatic carbocycles. The molecule has 1 fully saturated rings. The fraction of sp³-hybridized carbons (Fsp3) is 0.375. The van der Waals surface area contributed by atoms with E-state index in [1.54, 1.807) is 0 Å². The first-order valence-electron chi connectivity index (χ1n) is 7.17. The molecule has 2 aromatic rings. The summed E-state index contributed by atoms with van der Waals surface area (Å²) < 4.78 is 0. The van der Waals surface area contributed by atoms with Crippen LogP contribution < -0.4 is 11.3 Å². The molecule has 104 valence electrons. The van der Waals surface area contributed by atoms with Crippen LogP contribution in [-0.4, -0.2) is 9.97 Å². The summed E-state index contributed by atoms with van der Waals surface area (Å²) in [6, 6.07) is 12.1. The summed E-state index contributed by atoms with van der Waals surface area (Å²) in [5.74, 6) is 8.38. The molecule has 2 unspecified atom stereocenters. The summed E-state index contributed by atoms with van der Waals surface area (Å²) in [7, 11) is 0. The molecule has 3 N–H and O–H groups in total. The van der Waals surface area contributed by atoms with Crippen molar-refractivity contribution in [1.29, 1.82) is 0 Å². The SMILES string of the molecule is CC1CCC(c2nc(NN)cc(-c3ccccc3)n2)C1. The van der Waals surface area contributed by atoms with Crippen LogP contribution in [0.4, 0.5) is 5.82 Å². The summed E-state index contributed by atoms with van der Waals surface area (Å²) in [6.45, 7) is 2.29. The summed E-state index contributed by atoms with van der Waals surface area (Å²) in [4.78, 5) is 9.31. The van der Waals surface area contributed by atoms with Crippen molar-refractivity contribution in [3.63, 3.8) is 0 Å². The molecule has 1 aliphatic rings. The Kier molecular flexibility index (Phi) is 3.65. The first-order valence-corrected chi connectivity index (χ1v) is 7.17.